The maximum Gasteiger partial charge on any atom is 0.260 e. The van der Waals surface area contributed by atoms with Crippen LogP contribution in [0.2, 0.25) is 0 Å². The number of carbonyl (C=O) groups is 1. The lowest BCUT2D eigenvalue weighted by atomic mass is 10.1. The third-order valence-corrected chi connectivity index (χ3v) is 6.79. The van der Waals surface area contributed by atoms with E-state index in [0.717, 1.165) is 12.1 Å². The lowest BCUT2D eigenvalue weighted by Gasteiger charge is -2.22. The van der Waals surface area contributed by atoms with E-state index in [9.17, 15) is 13.2 Å². The fourth-order valence-corrected chi connectivity index (χ4v) is 5.41. The summed E-state index contributed by atoms with van der Waals surface area (Å²) in [7, 11) is -2.93. The first-order valence-corrected chi connectivity index (χ1v) is 10.6. The van der Waals surface area contributed by atoms with Gasteiger partial charge >= 0.3 is 0 Å². The van der Waals surface area contributed by atoms with Gasteiger partial charge in [-0.1, -0.05) is 18.2 Å². The van der Waals surface area contributed by atoms with Crippen molar-refractivity contribution in [3.05, 3.63) is 53.7 Å². The van der Waals surface area contributed by atoms with E-state index in [1.807, 2.05) is 30.0 Å². The molecule has 3 heterocycles. The quantitative estimate of drug-likeness (QED) is 0.895. The summed E-state index contributed by atoms with van der Waals surface area (Å²) in [5.41, 5.74) is 2.67. The number of amides is 1. The first-order chi connectivity index (χ1) is 12.4. The predicted octanol–water partition coefficient (Wildman–Crippen LogP) is 2.27. The van der Waals surface area contributed by atoms with Crippen LogP contribution in [0, 0.1) is 0 Å². The molecule has 0 aliphatic carbocycles. The Bertz CT molecular complexity index is 941. The molecule has 1 N–H and O–H groups in total. The van der Waals surface area contributed by atoms with Gasteiger partial charge in [-0.15, -0.1) is 0 Å². The standard InChI is InChI=1S/C19H21N3O3S/c1-13-10-14-4-2-3-5-17(14)22(13)19(23)15-6-7-18(20-11-15)21-16-8-9-26(24,25)12-16/h2-7,11,13,16H,8-10,12H2,1H3,(H,20,21). The second-order valence-corrected chi connectivity index (χ2v) is 9.26. The van der Waals surface area contributed by atoms with Crippen molar-refractivity contribution in [2.24, 2.45) is 0 Å². The van der Waals surface area contributed by atoms with Crippen LogP contribution in [0.4, 0.5) is 11.5 Å². The monoisotopic (exact) mass is 371 g/mol. The summed E-state index contributed by atoms with van der Waals surface area (Å²) in [5.74, 6) is 0.883. The normalized spacial score (nSPS) is 23.7. The van der Waals surface area contributed by atoms with Crippen LogP contribution in [0.3, 0.4) is 0 Å². The Morgan fingerprint density at radius 2 is 2.04 bits per heavy atom. The molecule has 6 nitrogen and oxygen atoms in total. The Kier molecular flexibility index (Phi) is 4.19. The van der Waals surface area contributed by atoms with Crippen molar-refractivity contribution in [3.63, 3.8) is 0 Å². The summed E-state index contributed by atoms with van der Waals surface area (Å²) in [5, 5.41) is 3.14. The smallest absolute Gasteiger partial charge is 0.260 e. The number of aromatic nitrogens is 1. The molecule has 2 aliphatic heterocycles. The van der Waals surface area contributed by atoms with Crippen LogP contribution in [-0.2, 0) is 16.3 Å². The molecule has 0 spiro atoms. The molecule has 7 heteroatoms. The minimum Gasteiger partial charge on any atom is -0.366 e. The van der Waals surface area contributed by atoms with Crippen molar-refractivity contribution in [2.75, 3.05) is 21.7 Å². The highest BCUT2D eigenvalue weighted by Crippen LogP contribution is 2.33. The van der Waals surface area contributed by atoms with Crippen LogP contribution in [0.25, 0.3) is 0 Å². The molecule has 2 aliphatic rings. The fourth-order valence-electron chi connectivity index (χ4n) is 3.74. The third kappa shape index (κ3) is 3.19. The first kappa shape index (κ1) is 17.0. The maximum absolute atomic E-state index is 12.9. The summed E-state index contributed by atoms with van der Waals surface area (Å²) in [4.78, 5) is 19.1. The summed E-state index contributed by atoms with van der Waals surface area (Å²) >= 11 is 0. The molecule has 1 amide bonds. The van der Waals surface area contributed by atoms with E-state index in [1.54, 1.807) is 18.3 Å². The van der Waals surface area contributed by atoms with Crippen LogP contribution in [0.1, 0.15) is 29.3 Å². The Morgan fingerprint density at radius 1 is 1.23 bits per heavy atom. The van der Waals surface area contributed by atoms with E-state index in [-0.39, 0.29) is 29.5 Å². The zero-order chi connectivity index (χ0) is 18.3. The molecule has 26 heavy (non-hydrogen) atoms. The minimum atomic E-state index is -2.93. The average Bonchev–Trinajstić information content (AvgIpc) is 3.13. The van der Waals surface area contributed by atoms with Gasteiger partial charge in [-0.3, -0.25) is 4.79 Å². The van der Waals surface area contributed by atoms with Crippen LogP contribution >= 0.6 is 0 Å². The molecule has 2 aromatic rings. The highest BCUT2D eigenvalue weighted by molar-refractivity contribution is 7.91. The van der Waals surface area contributed by atoms with E-state index in [4.69, 9.17) is 0 Å². The zero-order valence-electron chi connectivity index (χ0n) is 14.6. The molecule has 0 radical (unpaired) electrons. The Morgan fingerprint density at radius 3 is 2.73 bits per heavy atom. The van der Waals surface area contributed by atoms with Crippen molar-refractivity contribution in [3.8, 4) is 0 Å². The van der Waals surface area contributed by atoms with Gasteiger partial charge in [0.15, 0.2) is 9.84 Å². The number of benzene rings is 1. The van der Waals surface area contributed by atoms with Crippen LogP contribution in [-0.4, -0.2) is 42.9 Å². The average molecular weight is 371 g/mol. The fraction of sp³-hybridized carbons (Fsp3) is 0.368. The number of fused-ring (bicyclic) bond motifs is 1. The summed E-state index contributed by atoms with van der Waals surface area (Å²) in [6.07, 6.45) is 3.00. The largest absolute Gasteiger partial charge is 0.366 e. The van der Waals surface area contributed by atoms with Crippen LogP contribution < -0.4 is 10.2 Å². The Balaban J connectivity index is 1.50. The second kappa shape index (κ2) is 6.39. The molecule has 4 rings (SSSR count). The molecule has 0 bridgehead atoms. The molecule has 1 saturated heterocycles. The van der Waals surface area contributed by atoms with Crippen molar-refractivity contribution in [2.45, 2.75) is 31.8 Å². The Labute approximate surface area is 153 Å². The molecule has 2 unspecified atom stereocenters. The number of hydrogen-bond donors (Lipinski definition) is 1. The molecule has 2 atom stereocenters. The van der Waals surface area contributed by atoms with E-state index in [2.05, 4.69) is 16.4 Å². The first-order valence-electron chi connectivity index (χ1n) is 8.77. The molecule has 136 valence electrons. The number of pyridine rings is 1. The van der Waals surface area contributed by atoms with E-state index < -0.39 is 9.84 Å². The number of hydrogen-bond acceptors (Lipinski definition) is 5. The van der Waals surface area contributed by atoms with Crippen molar-refractivity contribution < 1.29 is 13.2 Å². The lowest BCUT2D eigenvalue weighted by Crippen LogP contribution is -2.35. The van der Waals surface area contributed by atoms with Gasteiger partial charge in [-0.25, -0.2) is 13.4 Å². The van der Waals surface area contributed by atoms with E-state index in [0.29, 0.717) is 17.8 Å². The van der Waals surface area contributed by atoms with E-state index in [1.165, 1.54) is 5.56 Å². The van der Waals surface area contributed by atoms with Crippen LogP contribution in [0.15, 0.2) is 42.6 Å². The lowest BCUT2D eigenvalue weighted by molar-refractivity contribution is 0.0981. The molecule has 1 aromatic carbocycles. The van der Waals surface area contributed by atoms with Crippen molar-refractivity contribution >= 4 is 27.2 Å². The molecule has 1 fully saturated rings. The molecular formula is C19H21N3O3S. The number of nitrogens with zero attached hydrogens (tertiary/aromatic N) is 2. The highest BCUT2D eigenvalue weighted by atomic mass is 32.2. The Hall–Kier alpha value is -2.41. The topological polar surface area (TPSA) is 79.4 Å². The summed E-state index contributed by atoms with van der Waals surface area (Å²) < 4.78 is 23.1. The number of para-hydroxylation sites is 1. The van der Waals surface area contributed by atoms with Crippen LogP contribution in [0.5, 0.6) is 0 Å². The maximum atomic E-state index is 12.9. The summed E-state index contributed by atoms with van der Waals surface area (Å²) in [6.45, 7) is 2.04. The molecule has 1 aromatic heterocycles. The van der Waals surface area contributed by atoms with Gasteiger partial charge in [0.2, 0.25) is 0 Å². The number of rotatable bonds is 3. The van der Waals surface area contributed by atoms with E-state index >= 15 is 0 Å². The van der Waals surface area contributed by atoms with Crippen molar-refractivity contribution in [1.82, 2.24) is 4.98 Å². The third-order valence-electron chi connectivity index (χ3n) is 5.02. The molecule has 0 saturated carbocycles. The van der Waals surface area contributed by atoms with Gasteiger partial charge in [0.05, 0.1) is 17.1 Å². The second-order valence-electron chi connectivity index (χ2n) is 7.03. The van der Waals surface area contributed by atoms with Gasteiger partial charge < -0.3 is 10.2 Å². The number of nitrogens with one attached hydrogen (secondary N) is 1. The van der Waals surface area contributed by atoms with Gasteiger partial charge in [0, 0.05) is 24.0 Å². The highest BCUT2D eigenvalue weighted by Gasteiger charge is 2.31. The van der Waals surface area contributed by atoms with Crippen molar-refractivity contribution in [1.29, 1.82) is 0 Å². The van der Waals surface area contributed by atoms with Gasteiger partial charge in [0.1, 0.15) is 5.82 Å². The van der Waals surface area contributed by atoms with Gasteiger partial charge in [-0.2, -0.15) is 0 Å². The molecular weight excluding hydrogens is 350 g/mol. The van der Waals surface area contributed by atoms with Gasteiger partial charge in [0.25, 0.3) is 5.91 Å². The minimum absolute atomic E-state index is 0.0649. The number of anilines is 2. The van der Waals surface area contributed by atoms with Gasteiger partial charge in [-0.05, 0) is 43.5 Å². The summed E-state index contributed by atoms with van der Waals surface area (Å²) in [6, 6.07) is 11.4. The SMILES string of the molecule is CC1Cc2ccccc2N1C(=O)c1ccc(NC2CCS(=O)(=O)C2)nc1. The zero-order valence-corrected chi connectivity index (χ0v) is 15.4. The number of sulfone groups is 1. The predicted molar refractivity (Wildman–Crippen MR) is 101 cm³/mol. The number of carbonyl (C=O) groups excluding carboxylic acids is 1.